The summed E-state index contributed by atoms with van der Waals surface area (Å²) in [7, 11) is -3.17. The first-order valence-electron chi connectivity index (χ1n) is 17.8. The molecule has 8 bridgehead atoms. The maximum absolute atomic E-state index is 16.0. The smallest absolute Gasteiger partial charge is 0.276 e. The molecule has 7 rings (SSSR count). The summed E-state index contributed by atoms with van der Waals surface area (Å²) in [4.78, 5) is 25.6. The van der Waals surface area contributed by atoms with Crippen molar-refractivity contribution in [3.8, 4) is 0 Å². The molecule has 2 aromatic heterocycles. The maximum Gasteiger partial charge on any atom is 0.276 e. The minimum atomic E-state index is -3.17. The van der Waals surface area contributed by atoms with Crippen LogP contribution in [0.5, 0.6) is 0 Å². The van der Waals surface area contributed by atoms with Gasteiger partial charge in [-0.1, -0.05) is 37.5 Å². The number of nitrogens with one attached hydrogen (secondary N) is 1. The molecule has 45 heavy (non-hydrogen) atoms. The van der Waals surface area contributed by atoms with Gasteiger partial charge in [0.05, 0.1) is 16.9 Å². The second kappa shape index (κ2) is 13.1. The Morgan fingerprint density at radius 2 is 1.67 bits per heavy atom. The molecule has 4 aliphatic heterocycles. The quantitative estimate of drug-likeness (QED) is 0.331. The first-order chi connectivity index (χ1) is 22.7. The first kappa shape index (κ1) is 28.3. The van der Waals surface area contributed by atoms with E-state index in [0.717, 1.165) is 38.6 Å². The van der Waals surface area contributed by atoms with Gasteiger partial charge in [-0.3, -0.25) is 9.36 Å². The molecule has 2 saturated heterocycles. The van der Waals surface area contributed by atoms with Gasteiger partial charge >= 0.3 is 0 Å². The van der Waals surface area contributed by atoms with Crippen molar-refractivity contribution in [3.05, 3.63) is 63.2 Å². The number of piperidine rings is 1. The summed E-state index contributed by atoms with van der Waals surface area (Å²) in [5, 5.41) is 3.52. The Balaban J connectivity index is 1.48. The Bertz CT molecular complexity index is 1800. The van der Waals surface area contributed by atoms with Gasteiger partial charge in [-0.15, -0.1) is 0 Å². The van der Waals surface area contributed by atoms with Crippen molar-refractivity contribution in [1.82, 2.24) is 19.4 Å². The topological polar surface area (TPSA) is 97.2 Å². The zero-order valence-corrected chi connectivity index (χ0v) is 26.7. The minimum Gasteiger partial charge on any atom is -0.363 e. The molecule has 3 aromatic rings. The Morgan fingerprint density at radius 3 is 2.40 bits per heavy atom. The summed E-state index contributed by atoms with van der Waals surface area (Å²) in [5.41, 5.74) is 0.587. The number of aryl methyl sites for hydroxylation is 2. The van der Waals surface area contributed by atoms with Crippen LogP contribution >= 0.6 is 0 Å². The Kier molecular flexibility index (Phi) is 8.22. The highest BCUT2D eigenvalue weighted by Gasteiger charge is 2.42. The summed E-state index contributed by atoms with van der Waals surface area (Å²) in [6.45, 7) is 1.50. The van der Waals surface area contributed by atoms with Crippen LogP contribution in [0.1, 0.15) is 103 Å². The van der Waals surface area contributed by atoms with Crippen LogP contribution < -0.4 is 10.9 Å². The molecule has 11 heteroatoms. The number of halogens is 2. The van der Waals surface area contributed by atoms with Crippen molar-refractivity contribution in [2.24, 2.45) is 5.92 Å². The molecule has 2 fully saturated rings. The van der Waals surface area contributed by atoms with E-state index < -0.39 is 34.6 Å². The highest BCUT2D eigenvalue weighted by atomic mass is 32.2. The molecule has 0 radical (unpaired) electrons. The lowest BCUT2D eigenvalue weighted by Gasteiger charge is -2.36. The number of pyridine rings is 1. The van der Waals surface area contributed by atoms with Gasteiger partial charge in [-0.2, -0.15) is 0 Å². The Labute approximate surface area is 268 Å². The second-order valence-electron chi connectivity index (χ2n) is 13.0. The summed E-state index contributed by atoms with van der Waals surface area (Å²) in [5.74, 6) is -3.76. The lowest BCUT2D eigenvalue weighted by atomic mass is 9.85. The number of fused-ring (bicyclic) bond motifs is 9. The number of sulfone groups is 1. The monoisotopic (exact) mass is 644 g/mol. The highest BCUT2D eigenvalue weighted by molar-refractivity contribution is 7.91. The van der Waals surface area contributed by atoms with Gasteiger partial charge in [0.2, 0.25) is 0 Å². The summed E-state index contributed by atoms with van der Waals surface area (Å²) < 4.78 is 83.6. The molecule has 0 saturated carbocycles. The molecule has 0 aliphatic carbocycles. The van der Waals surface area contributed by atoms with Gasteiger partial charge in [0, 0.05) is 33.7 Å². The normalized spacial score (nSPS) is 27.5. The van der Waals surface area contributed by atoms with Gasteiger partial charge < -0.3 is 10.2 Å². The van der Waals surface area contributed by atoms with E-state index in [4.69, 9.17) is 4.11 Å². The summed E-state index contributed by atoms with van der Waals surface area (Å²) in [6.07, 6.45) is 5.94. The molecule has 0 spiro atoms. The number of rotatable bonds is 1. The van der Waals surface area contributed by atoms with Crippen LogP contribution in [-0.2, 0) is 22.3 Å². The van der Waals surface area contributed by atoms with Crippen LogP contribution in [0.25, 0.3) is 11.0 Å². The lowest BCUT2D eigenvalue weighted by Crippen LogP contribution is -2.40. The molecule has 244 valence electrons. The third-order valence-corrected chi connectivity index (χ3v) is 11.6. The molecule has 1 atom stereocenters. The molecular formula is C34H45F2N5O3S. The van der Waals surface area contributed by atoms with Crippen molar-refractivity contribution in [1.29, 1.82) is 0 Å². The van der Waals surface area contributed by atoms with Crippen molar-refractivity contribution < 1.29 is 21.3 Å². The summed E-state index contributed by atoms with van der Waals surface area (Å²) >= 11 is 0. The van der Waals surface area contributed by atoms with Crippen molar-refractivity contribution in [2.45, 2.75) is 96.0 Å². The van der Waals surface area contributed by atoms with E-state index in [9.17, 15) is 13.2 Å². The lowest BCUT2D eigenvalue weighted by molar-refractivity contribution is -0.0855. The molecule has 8 nitrogen and oxygen atoms in total. The van der Waals surface area contributed by atoms with Crippen LogP contribution in [0.2, 0.25) is 0 Å². The first-order valence-corrected chi connectivity index (χ1v) is 18.1. The number of aromatic nitrogens is 3. The number of anilines is 1. The Hall–Kier alpha value is -2.92. The van der Waals surface area contributed by atoms with Crippen molar-refractivity contribution >= 4 is 26.7 Å². The van der Waals surface area contributed by atoms with E-state index in [0.29, 0.717) is 67.7 Å². The predicted octanol–water partition coefficient (Wildman–Crippen LogP) is 6.33. The van der Waals surface area contributed by atoms with E-state index >= 15 is 8.78 Å². The third kappa shape index (κ3) is 6.94. The van der Waals surface area contributed by atoms with E-state index in [1.54, 1.807) is 23.6 Å². The maximum atomic E-state index is 16.0. The second-order valence-corrected chi connectivity index (χ2v) is 15.4. The average molecular weight is 645 g/mol. The van der Waals surface area contributed by atoms with E-state index in [-0.39, 0.29) is 39.9 Å². The number of alkyl halides is 2. The SMILES string of the molecule is [2H]C([2H])([2H])[C@H]1Nc2nc(C)nc3c2cc(C2CCS(=O)(=O)CC2)c(=O)n3CCCCCCCN2CCC(CC2)C(F)(F)c2cccc1c2. The number of hydrogen-bond donors (Lipinski definition) is 1. The molecular weight excluding hydrogens is 596 g/mol. The summed E-state index contributed by atoms with van der Waals surface area (Å²) in [6, 6.07) is 6.01. The van der Waals surface area contributed by atoms with Gasteiger partial charge in [0.15, 0.2) is 0 Å². The number of nitrogens with zero attached hydrogens (tertiary/aromatic N) is 4. The minimum absolute atomic E-state index is 0.00890. The van der Waals surface area contributed by atoms with Crippen LogP contribution in [-0.4, -0.2) is 59.0 Å². The predicted molar refractivity (Wildman–Crippen MR) is 174 cm³/mol. The molecule has 1 aromatic carbocycles. The van der Waals surface area contributed by atoms with Crippen LogP contribution in [0, 0.1) is 12.8 Å². The van der Waals surface area contributed by atoms with Crippen molar-refractivity contribution in [3.63, 3.8) is 0 Å². The fourth-order valence-electron chi connectivity index (χ4n) is 7.22. The molecule has 1 N–H and O–H groups in total. The molecule has 6 heterocycles. The molecule has 0 unspecified atom stereocenters. The standard InChI is InChI=1S/C34H45F2N5O3S/c1-23-26-9-8-10-28(21-26)34(35,36)27-11-17-40(18-12-27)15-6-4-3-5-7-16-41-32-30(31(37-23)38-24(2)39-32)22-29(33(41)42)25-13-19-45(43,44)20-14-25/h8-10,21-23,25,27H,3-7,11-20H2,1-2H3,(H,37,38,39)/t23-/m1/s1/i1D3. The third-order valence-electron chi connectivity index (χ3n) is 9.92. The van der Waals surface area contributed by atoms with Crippen LogP contribution in [0.3, 0.4) is 0 Å². The highest BCUT2D eigenvalue weighted by Crippen LogP contribution is 2.42. The van der Waals surface area contributed by atoms with Gasteiger partial charge in [0.1, 0.15) is 27.1 Å². The largest absolute Gasteiger partial charge is 0.363 e. The zero-order valence-electron chi connectivity index (χ0n) is 28.9. The van der Waals surface area contributed by atoms with Gasteiger partial charge in [-0.05, 0) is 95.5 Å². The Morgan fingerprint density at radius 1 is 0.956 bits per heavy atom. The van der Waals surface area contributed by atoms with Crippen LogP contribution in [0.15, 0.2) is 35.1 Å². The number of hydrogen-bond acceptors (Lipinski definition) is 7. The molecule has 4 aliphatic rings. The fourth-order valence-corrected chi connectivity index (χ4v) is 8.71. The van der Waals surface area contributed by atoms with E-state index in [2.05, 4.69) is 20.2 Å². The van der Waals surface area contributed by atoms with Gasteiger partial charge in [0.25, 0.3) is 11.5 Å². The van der Waals surface area contributed by atoms with Gasteiger partial charge in [-0.25, -0.2) is 27.2 Å². The van der Waals surface area contributed by atoms with Crippen LogP contribution in [0.4, 0.5) is 14.6 Å². The van der Waals surface area contributed by atoms with E-state index in [1.807, 2.05) is 0 Å². The molecule has 0 amide bonds. The number of benzene rings is 1. The van der Waals surface area contributed by atoms with Crippen molar-refractivity contribution in [2.75, 3.05) is 36.5 Å². The fraction of sp³-hybridized carbons (Fsp3) is 0.618. The van der Waals surface area contributed by atoms with E-state index in [1.165, 1.54) is 18.2 Å². The average Bonchev–Trinajstić information content (AvgIpc) is 3.03. The zero-order chi connectivity index (χ0) is 34.3.